The first-order valence-electron chi connectivity index (χ1n) is 3.21. The zero-order chi connectivity index (χ0) is 9.84. The highest BCUT2D eigenvalue weighted by Crippen LogP contribution is 2.34. The molecule has 1 aromatic rings. The number of halogens is 2. The number of nitrogens with one attached hydrogen (secondary N) is 1. The van der Waals surface area contributed by atoms with Crippen molar-refractivity contribution >= 4 is 41.0 Å². The Hall–Kier alpha value is -1.13. The Morgan fingerprint density at radius 2 is 1.79 bits per heavy atom. The molecular weight excluding hydrogens is 227 g/mol. The summed E-state index contributed by atoms with van der Waals surface area (Å²) in [5.74, 6) is 0. The maximum atomic E-state index is 10.1. The number of carbonyl (C=O) groups is 1. The average molecular weight is 235 g/mol. The normalized spacial score (nSPS) is 8.71. The van der Waals surface area contributed by atoms with Crippen LogP contribution in [0.5, 0.6) is 0 Å². The van der Waals surface area contributed by atoms with Crippen LogP contribution >= 0.6 is 23.2 Å². The van der Waals surface area contributed by atoms with E-state index >= 15 is 0 Å². The van der Waals surface area contributed by atoms with Crippen LogP contribution in [0, 0.1) is 4.91 Å². The lowest BCUT2D eigenvalue weighted by molar-refractivity contribution is -0.105. The molecule has 76 valence electrons. The molecule has 14 heavy (non-hydrogen) atoms. The minimum Gasteiger partial charge on any atom is -0.326 e. The summed E-state index contributed by atoms with van der Waals surface area (Å²) in [6.45, 7) is 0. The Morgan fingerprint density at radius 1 is 1.29 bits per heavy atom. The number of amides is 1. The van der Waals surface area contributed by atoms with E-state index in [0.717, 1.165) is 0 Å². The fourth-order valence-electron chi connectivity index (χ4n) is 0.809. The van der Waals surface area contributed by atoms with Crippen LogP contribution in [0.3, 0.4) is 0 Å². The SMILES string of the molecule is C.O=CNc1c(Cl)cc(N=O)cc1Cl. The van der Waals surface area contributed by atoms with Crippen molar-refractivity contribution in [3.63, 3.8) is 0 Å². The fourth-order valence-corrected chi connectivity index (χ4v) is 1.39. The summed E-state index contributed by atoms with van der Waals surface area (Å²) in [4.78, 5) is 20.2. The molecule has 0 spiro atoms. The van der Waals surface area contributed by atoms with Gasteiger partial charge in [-0.25, -0.2) is 0 Å². The highest BCUT2D eigenvalue weighted by Gasteiger charge is 2.07. The number of nitrogens with zero attached hydrogens (tertiary/aromatic N) is 1. The van der Waals surface area contributed by atoms with Crippen molar-refractivity contribution in [3.05, 3.63) is 27.1 Å². The molecule has 0 unspecified atom stereocenters. The van der Waals surface area contributed by atoms with Gasteiger partial charge >= 0.3 is 0 Å². The van der Waals surface area contributed by atoms with Gasteiger partial charge in [-0.3, -0.25) is 4.79 Å². The molecule has 0 aliphatic rings. The summed E-state index contributed by atoms with van der Waals surface area (Å²) in [5, 5.41) is 5.32. The van der Waals surface area contributed by atoms with Gasteiger partial charge in [-0.2, -0.15) is 0 Å². The van der Waals surface area contributed by atoms with Gasteiger partial charge < -0.3 is 5.32 Å². The molecule has 0 heterocycles. The summed E-state index contributed by atoms with van der Waals surface area (Å²) in [6, 6.07) is 2.62. The van der Waals surface area contributed by atoms with E-state index in [0.29, 0.717) is 6.41 Å². The second kappa shape index (κ2) is 5.57. The predicted octanol–water partition coefficient (Wildman–Crippen LogP) is 3.60. The van der Waals surface area contributed by atoms with E-state index < -0.39 is 0 Å². The van der Waals surface area contributed by atoms with Crippen LogP contribution in [0.15, 0.2) is 17.3 Å². The van der Waals surface area contributed by atoms with Crippen LogP contribution in [-0.4, -0.2) is 6.41 Å². The molecule has 0 aliphatic carbocycles. The molecule has 1 aromatic carbocycles. The van der Waals surface area contributed by atoms with E-state index in [1.807, 2.05) is 0 Å². The van der Waals surface area contributed by atoms with E-state index in [-0.39, 0.29) is 28.8 Å². The van der Waals surface area contributed by atoms with Crippen LogP contribution < -0.4 is 5.32 Å². The summed E-state index contributed by atoms with van der Waals surface area (Å²) in [7, 11) is 0. The van der Waals surface area contributed by atoms with Crippen LogP contribution in [0.4, 0.5) is 11.4 Å². The molecule has 0 radical (unpaired) electrons. The van der Waals surface area contributed by atoms with E-state index in [4.69, 9.17) is 23.2 Å². The summed E-state index contributed by atoms with van der Waals surface area (Å²) in [5.41, 5.74) is 0.386. The van der Waals surface area contributed by atoms with E-state index in [2.05, 4.69) is 10.5 Å². The zero-order valence-electron chi connectivity index (χ0n) is 6.25. The van der Waals surface area contributed by atoms with Crippen molar-refractivity contribution in [1.82, 2.24) is 0 Å². The number of anilines is 1. The Morgan fingerprint density at radius 3 is 2.14 bits per heavy atom. The third-order valence-electron chi connectivity index (χ3n) is 1.34. The lowest BCUT2D eigenvalue weighted by atomic mass is 10.3. The van der Waals surface area contributed by atoms with Crippen molar-refractivity contribution in [1.29, 1.82) is 0 Å². The quantitative estimate of drug-likeness (QED) is 0.642. The zero-order valence-corrected chi connectivity index (χ0v) is 7.76. The van der Waals surface area contributed by atoms with Crippen molar-refractivity contribution < 1.29 is 4.79 Å². The molecule has 0 aromatic heterocycles. The first-order valence-corrected chi connectivity index (χ1v) is 3.97. The van der Waals surface area contributed by atoms with Gasteiger partial charge in [-0.1, -0.05) is 30.6 Å². The molecule has 0 fully saturated rings. The molecule has 6 heteroatoms. The van der Waals surface area contributed by atoms with Crippen LogP contribution in [0.2, 0.25) is 10.0 Å². The molecule has 0 bridgehead atoms. The van der Waals surface area contributed by atoms with Gasteiger partial charge in [0.15, 0.2) is 0 Å². The van der Waals surface area contributed by atoms with Gasteiger partial charge in [-0.15, -0.1) is 4.91 Å². The standard InChI is InChI=1S/C7H4Cl2N2O2.CH4/c8-5-1-4(11-13)2-6(9)7(5)10-3-12;/h1-3H,(H,10,12);1H4. The number of carbonyl (C=O) groups excluding carboxylic acids is 1. The molecular formula is C8H8Cl2N2O2. The molecule has 1 rings (SSSR count). The van der Waals surface area contributed by atoms with Crippen molar-refractivity contribution in [3.8, 4) is 0 Å². The maximum absolute atomic E-state index is 10.1. The summed E-state index contributed by atoms with van der Waals surface area (Å²) >= 11 is 11.4. The molecule has 0 saturated carbocycles. The number of nitroso groups, excluding NO2 is 1. The second-order valence-corrected chi connectivity index (χ2v) is 2.95. The topological polar surface area (TPSA) is 58.5 Å². The highest BCUT2D eigenvalue weighted by molar-refractivity contribution is 6.39. The second-order valence-electron chi connectivity index (χ2n) is 2.14. The summed E-state index contributed by atoms with van der Waals surface area (Å²) in [6.07, 6.45) is 0.446. The lowest BCUT2D eigenvalue weighted by Crippen LogP contribution is -1.95. The van der Waals surface area contributed by atoms with Gasteiger partial charge in [0.05, 0.1) is 15.7 Å². The first-order chi connectivity index (χ1) is 6.19. The minimum absolute atomic E-state index is 0. The largest absolute Gasteiger partial charge is 0.326 e. The van der Waals surface area contributed by atoms with Crippen LogP contribution in [0.25, 0.3) is 0 Å². The maximum Gasteiger partial charge on any atom is 0.211 e. The van der Waals surface area contributed by atoms with E-state index in [1.54, 1.807) is 0 Å². The van der Waals surface area contributed by atoms with Gasteiger partial charge in [-0.05, 0) is 17.3 Å². The number of hydrogen-bond acceptors (Lipinski definition) is 3. The van der Waals surface area contributed by atoms with Crippen molar-refractivity contribution in [2.45, 2.75) is 7.43 Å². The first kappa shape index (κ1) is 12.9. The Bertz CT molecular complexity index is 332. The molecule has 0 aliphatic heterocycles. The molecule has 4 nitrogen and oxygen atoms in total. The molecule has 0 atom stereocenters. The Labute approximate surface area is 91.2 Å². The number of rotatable bonds is 3. The molecule has 0 saturated heterocycles. The van der Waals surface area contributed by atoms with E-state index in [1.165, 1.54) is 12.1 Å². The Balaban J connectivity index is 0.00000169. The molecule has 1 amide bonds. The van der Waals surface area contributed by atoms with Crippen LogP contribution in [-0.2, 0) is 4.79 Å². The monoisotopic (exact) mass is 234 g/mol. The van der Waals surface area contributed by atoms with Gasteiger partial charge in [0.25, 0.3) is 0 Å². The lowest BCUT2D eigenvalue weighted by Gasteiger charge is -2.04. The van der Waals surface area contributed by atoms with E-state index in [9.17, 15) is 9.70 Å². The minimum atomic E-state index is 0. The summed E-state index contributed by atoms with van der Waals surface area (Å²) < 4.78 is 0. The van der Waals surface area contributed by atoms with Crippen molar-refractivity contribution in [2.24, 2.45) is 5.18 Å². The third-order valence-corrected chi connectivity index (χ3v) is 1.93. The van der Waals surface area contributed by atoms with Gasteiger partial charge in [0.1, 0.15) is 5.69 Å². The van der Waals surface area contributed by atoms with Gasteiger partial charge in [0.2, 0.25) is 6.41 Å². The van der Waals surface area contributed by atoms with Gasteiger partial charge in [0, 0.05) is 0 Å². The number of hydrogen-bond donors (Lipinski definition) is 1. The smallest absolute Gasteiger partial charge is 0.211 e. The Kier molecular flexibility index (Phi) is 5.12. The molecule has 1 N–H and O–H groups in total. The third kappa shape index (κ3) is 2.68. The average Bonchev–Trinajstić information content (AvgIpc) is 2.11. The number of benzene rings is 1. The fraction of sp³-hybridized carbons (Fsp3) is 0.125. The van der Waals surface area contributed by atoms with Crippen LogP contribution in [0.1, 0.15) is 7.43 Å². The van der Waals surface area contributed by atoms with Crippen molar-refractivity contribution in [2.75, 3.05) is 5.32 Å². The predicted molar refractivity (Wildman–Crippen MR) is 58.3 cm³/mol. The highest BCUT2D eigenvalue weighted by atomic mass is 35.5.